The van der Waals surface area contributed by atoms with Crippen molar-refractivity contribution in [3.05, 3.63) is 34.9 Å². The van der Waals surface area contributed by atoms with Crippen LogP contribution in [0.15, 0.2) is 12.4 Å². The Bertz CT molecular complexity index is 1020. The predicted octanol–water partition coefficient (Wildman–Crippen LogP) is 4.00. The average Bonchev–Trinajstić information content (AvgIpc) is 3.32. The highest BCUT2D eigenvalue weighted by Crippen LogP contribution is 2.28. The molecule has 4 N–H and O–H groups in total. The van der Waals surface area contributed by atoms with E-state index in [1.165, 1.54) is 9.36 Å². The molecular formula is C24H38N6O4. The molecule has 0 bridgehead atoms. The van der Waals surface area contributed by atoms with E-state index in [1.807, 2.05) is 41.5 Å². The Hall–Kier alpha value is -2.72. The van der Waals surface area contributed by atoms with Gasteiger partial charge in [-0.2, -0.15) is 19.6 Å². The van der Waals surface area contributed by atoms with Gasteiger partial charge in [-0.1, -0.05) is 0 Å². The molecule has 188 valence electrons. The molecule has 2 aliphatic carbocycles. The number of carbonyl (C=O) groups excluding carboxylic acids is 2. The van der Waals surface area contributed by atoms with Crippen molar-refractivity contribution in [3.63, 3.8) is 0 Å². The highest BCUT2D eigenvalue weighted by atomic mass is 16.6. The maximum atomic E-state index is 11.9. The SMILES string of the molecule is CC(C)(C)OC(=O)n1cc2c(n1)CCCC2N.CC(C)(C)OC(=O)n1ncc2c1CCCC2N. The van der Waals surface area contributed by atoms with Crippen molar-refractivity contribution in [1.29, 1.82) is 0 Å². The number of nitrogens with zero attached hydrogens (tertiary/aromatic N) is 4. The van der Waals surface area contributed by atoms with Crippen LogP contribution < -0.4 is 11.5 Å². The van der Waals surface area contributed by atoms with Crippen LogP contribution in [0.5, 0.6) is 0 Å². The molecule has 2 atom stereocenters. The van der Waals surface area contributed by atoms with Crippen molar-refractivity contribution in [2.24, 2.45) is 11.5 Å². The second kappa shape index (κ2) is 9.87. The van der Waals surface area contributed by atoms with Gasteiger partial charge in [0.25, 0.3) is 0 Å². The number of fused-ring (bicyclic) bond motifs is 2. The highest BCUT2D eigenvalue weighted by molar-refractivity contribution is 5.71. The smallest absolute Gasteiger partial charge is 0.435 e. The minimum Gasteiger partial charge on any atom is -0.442 e. The first-order chi connectivity index (χ1) is 15.7. The fourth-order valence-corrected chi connectivity index (χ4v) is 4.03. The maximum absolute atomic E-state index is 11.9. The van der Waals surface area contributed by atoms with E-state index >= 15 is 0 Å². The minimum absolute atomic E-state index is 0.00469. The van der Waals surface area contributed by atoms with Gasteiger partial charge in [0.05, 0.1) is 17.6 Å². The van der Waals surface area contributed by atoms with Crippen molar-refractivity contribution >= 4 is 12.2 Å². The zero-order chi connectivity index (χ0) is 25.3. The van der Waals surface area contributed by atoms with Gasteiger partial charge >= 0.3 is 12.2 Å². The second-order valence-corrected chi connectivity index (χ2v) is 10.9. The summed E-state index contributed by atoms with van der Waals surface area (Å²) in [5.74, 6) is 0. The third kappa shape index (κ3) is 6.44. The maximum Gasteiger partial charge on any atom is 0.435 e. The number of aromatic nitrogens is 4. The van der Waals surface area contributed by atoms with Gasteiger partial charge in [0, 0.05) is 29.4 Å². The van der Waals surface area contributed by atoms with E-state index in [4.69, 9.17) is 20.9 Å². The normalized spacial score (nSPS) is 19.9. The third-order valence-corrected chi connectivity index (χ3v) is 5.53. The molecule has 2 unspecified atom stereocenters. The molecule has 0 spiro atoms. The standard InChI is InChI=1S/2C12H19N3O2/c1-12(2,3)17-11(16)15-7-8-9(13)5-4-6-10(8)14-15;1-12(2,3)17-11(16)15-10-6-4-5-9(13)8(10)7-14-15/h2*7,9H,4-6,13H2,1-3H3. The molecule has 4 rings (SSSR count). The molecule has 0 radical (unpaired) electrons. The lowest BCUT2D eigenvalue weighted by Crippen LogP contribution is -2.29. The molecule has 0 amide bonds. The van der Waals surface area contributed by atoms with E-state index in [0.29, 0.717) is 0 Å². The summed E-state index contributed by atoms with van der Waals surface area (Å²) >= 11 is 0. The second-order valence-electron chi connectivity index (χ2n) is 10.9. The van der Waals surface area contributed by atoms with Crippen molar-refractivity contribution in [2.45, 2.75) is 103 Å². The summed E-state index contributed by atoms with van der Waals surface area (Å²) in [6.45, 7) is 11.0. The Balaban J connectivity index is 0.000000191. The number of aryl methyl sites for hydroxylation is 1. The molecule has 2 aromatic heterocycles. The van der Waals surface area contributed by atoms with E-state index < -0.39 is 23.4 Å². The summed E-state index contributed by atoms with van der Waals surface area (Å²) < 4.78 is 13.2. The summed E-state index contributed by atoms with van der Waals surface area (Å²) in [5, 5.41) is 8.34. The average molecular weight is 475 g/mol. The van der Waals surface area contributed by atoms with Gasteiger partial charge < -0.3 is 20.9 Å². The minimum atomic E-state index is -0.508. The highest BCUT2D eigenvalue weighted by Gasteiger charge is 2.27. The van der Waals surface area contributed by atoms with Crippen molar-refractivity contribution in [1.82, 2.24) is 19.6 Å². The largest absolute Gasteiger partial charge is 0.442 e. The van der Waals surface area contributed by atoms with Gasteiger partial charge in [-0.05, 0) is 80.1 Å². The lowest BCUT2D eigenvalue weighted by atomic mass is 9.94. The van der Waals surface area contributed by atoms with Crippen LogP contribution in [-0.4, -0.2) is 42.9 Å². The van der Waals surface area contributed by atoms with Crippen molar-refractivity contribution < 1.29 is 19.1 Å². The van der Waals surface area contributed by atoms with Gasteiger partial charge in [-0.15, -0.1) is 0 Å². The number of carbonyl (C=O) groups is 2. The number of nitrogens with two attached hydrogens (primary N) is 2. The number of rotatable bonds is 0. The topological polar surface area (TPSA) is 140 Å². The monoisotopic (exact) mass is 474 g/mol. The summed E-state index contributed by atoms with van der Waals surface area (Å²) in [4.78, 5) is 23.8. The molecule has 2 heterocycles. The fraction of sp³-hybridized carbons (Fsp3) is 0.667. The fourth-order valence-electron chi connectivity index (χ4n) is 4.03. The van der Waals surface area contributed by atoms with Crippen molar-refractivity contribution in [2.75, 3.05) is 0 Å². The van der Waals surface area contributed by atoms with Crippen LogP contribution in [0.2, 0.25) is 0 Å². The Kier molecular flexibility index (Phi) is 7.52. The summed E-state index contributed by atoms with van der Waals surface area (Å²) in [7, 11) is 0. The van der Waals surface area contributed by atoms with E-state index in [2.05, 4.69) is 10.2 Å². The molecule has 0 fully saturated rings. The molecule has 0 aliphatic heterocycles. The van der Waals surface area contributed by atoms with Crippen LogP contribution in [0.3, 0.4) is 0 Å². The molecule has 0 saturated carbocycles. The molecular weight excluding hydrogens is 436 g/mol. The van der Waals surface area contributed by atoms with Crippen LogP contribution in [0.4, 0.5) is 9.59 Å². The lowest BCUT2D eigenvalue weighted by molar-refractivity contribution is 0.0500. The number of hydrogen-bond acceptors (Lipinski definition) is 8. The first kappa shape index (κ1) is 25.9. The summed E-state index contributed by atoms with van der Waals surface area (Å²) in [6, 6.07) is -0.00938. The molecule has 34 heavy (non-hydrogen) atoms. The van der Waals surface area contributed by atoms with Gasteiger partial charge in [-0.3, -0.25) is 0 Å². The van der Waals surface area contributed by atoms with Crippen LogP contribution in [0.25, 0.3) is 0 Å². The molecule has 10 nitrogen and oxygen atoms in total. The number of hydrogen-bond donors (Lipinski definition) is 2. The van der Waals surface area contributed by atoms with Gasteiger partial charge in [-0.25, -0.2) is 9.59 Å². The molecule has 0 saturated heterocycles. The number of ether oxygens (including phenoxy) is 2. The van der Waals surface area contributed by atoms with E-state index in [1.54, 1.807) is 12.4 Å². The van der Waals surface area contributed by atoms with Crippen LogP contribution >= 0.6 is 0 Å². The van der Waals surface area contributed by atoms with E-state index in [0.717, 1.165) is 61.0 Å². The third-order valence-electron chi connectivity index (χ3n) is 5.53. The predicted molar refractivity (Wildman–Crippen MR) is 127 cm³/mol. The molecule has 2 aromatic rings. The Labute approximate surface area is 200 Å². The van der Waals surface area contributed by atoms with E-state index in [-0.39, 0.29) is 12.1 Å². The van der Waals surface area contributed by atoms with Gasteiger partial charge in [0.1, 0.15) is 11.2 Å². The Morgan fingerprint density at radius 1 is 0.912 bits per heavy atom. The zero-order valence-electron chi connectivity index (χ0n) is 21.1. The molecule has 2 aliphatic rings. The van der Waals surface area contributed by atoms with E-state index in [9.17, 15) is 9.59 Å². The van der Waals surface area contributed by atoms with Crippen LogP contribution in [-0.2, 0) is 22.3 Å². The first-order valence-corrected chi connectivity index (χ1v) is 11.9. The first-order valence-electron chi connectivity index (χ1n) is 11.9. The van der Waals surface area contributed by atoms with Crippen LogP contribution in [0, 0.1) is 0 Å². The molecule has 10 heteroatoms. The Morgan fingerprint density at radius 2 is 1.47 bits per heavy atom. The lowest BCUT2D eigenvalue weighted by Gasteiger charge is -2.22. The molecule has 0 aromatic carbocycles. The van der Waals surface area contributed by atoms with Crippen molar-refractivity contribution in [3.8, 4) is 0 Å². The summed E-state index contributed by atoms with van der Waals surface area (Å²) in [5.41, 5.74) is 14.7. The van der Waals surface area contributed by atoms with Crippen LogP contribution in [0.1, 0.15) is 102 Å². The summed E-state index contributed by atoms with van der Waals surface area (Å²) in [6.07, 6.45) is 8.16. The van der Waals surface area contributed by atoms with Gasteiger partial charge in [0.2, 0.25) is 0 Å². The Morgan fingerprint density at radius 3 is 2.06 bits per heavy atom. The quantitative estimate of drug-likeness (QED) is 0.584. The zero-order valence-corrected chi connectivity index (χ0v) is 21.1. The van der Waals surface area contributed by atoms with Gasteiger partial charge in [0.15, 0.2) is 0 Å².